The number of pyridine rings is 1. The summed E-state index contributed by atoms with van der Waals surface area (Å²) in [6.45, 7) is 1.87. The molecule has 0 aliphatic rings. The van der Waals surface area contributed by atoms with E-state index in [-0.39, 0.29) is 11.7 Å². The van der Waals surface area contributed by atoms with Crippen LogP contribution in [0.15, 0.2) is 42.6 Å². The van der Waals surface area contributed by atoms with Crippen molar-refractivity contribution in [1.82, 2.24) is 9.55 Å². The maximum absolute atomic E-state index is 12.2. The Morgan fingerprint density at radius 2 is 2.05 bits per heavy atom. The first-order valence-corrected chi connectivity index (χ1v) is 7.26. The molecule has 5 heteroatoms. The van der Waals surface area contributed by atoms with Gasteiger partial charge in [0.05, 0.1) is 17.5 Å². The van der Waals surface area contributed by atoms with Crippen LogP contribution in [0, 0.1) is 18.3 Å². The van der Waals surface area contributed by atoms with E-state index in [1.165, 1.54) is 0 Å². The van der Waals surface area contributed by atoms with Gasteiger partial charge in [-0.2, -0.15) is 5.26 Å². The second-order valence-corrected chi connectivity index (χ2v) is 5.15. The lowest BCUT2D eigenvalue weighted by atomic mass is 10.1. The first kappa shape index (κ1) is 14.3. The molecule has 3 aromatic rings. The predicted molar refractivity (Wildman–Crippen MR) is 85.6 cm³/mol. The summed E-state index contributed by atoms with van der Waals surface area (Å²) in [5.41, 5.74) is 3.54. The summed E-state index contributed by atoms with van der Waals surface area (Å²) in [6, 6.07) is 12.9. The Balaban J connectivity index is 2.32. The molecule has 108 valence electrons. The van der Waals surface area contributed by atoms with E-state index < -0.39 is 0 Å². The molecule has 0 spiro atoms. The number of carbonyl (C=O) groups is 1. The topological polar surface area (TPSA) is 58.7 Å². The minimum Gasteiger partial charge on any atom is -0.298 e. The zero-order valence-electron chi connectivity index (χ0n) is 11.9. The number of alkyl halides is 1. The number of nitriles is 1. The molecule has 0 fully saturated rings. The zero-order valence-corrected chi connectivity index (χ0v) is 12.6. The van der Waals surface area contributed by atoms with Crippen molar-refractivity contribution in [3.05, 3.63) is 59.4 Å². The standard InChI is InChI=1S/C17H12ClN3O/c1-11-16(15(22)9-18)14-3-2-8-20-17(14)21(11)13-6-4-12(10-19)5-7-13/h2-8H,9H2,1H3. The number of hydrogen-bond acceptors (Lipinski definition) is 3. The van der Waals surface area contributed by atoms with E-state index in [4.69, 9.17) is 16.9 Å². The highest BCUT2D eigenvalue weighted by atomic mass is 35.5. The number of halogens is 1. The number of Topliss-reactive ketones (excluding diaryl/α,β-unsaturated/α-hetero) is 1. The smallest absolute Gasteiger partial charge is 0.180 e. The number of carbonyl (C=O) groups excluding carboxylic acids is 1. The lowest BCUT2D eigenvalue weighted by Crippen LogP contribution is -2.04. The van der Waals surface area contributed by atoms with Crippen molar-refractivity contribution < 1.29 is 4.79 Å². The third kappa shape index (κ3) is 2.16. The van der Waals surface area contributed by atoms with Gasteiger partial charge in [-0.25, -0.2) is 4.98 Å². The van der Waals surface area contributed by atoms with Crippen molar-refractivity contribution in [2.24, 2.45) is 0 Å². The molecule has 2 heterocycles. The van der Waals surface area contributed by atoms with E-state index >= 15 is 0 Å². The average Bonchev–Trinajstić information content (AvgIpc) is 2.86. The van der Waals surface area contributed by atoms with Crippen molar-refractivity contribution in [1.29, 1.82) is 5.26 Å². The van der Waals surface area contributed by atoms with Gasteiger partial charge in [-0.1, -0.05) is 0 Å². The average molecular weight is 310 g/mol. The first-order chi connectivity index (χ1) is 10.7. The third-order valence-electron chi connectivity index (χ3n) is 3.62. The van der Waals surface area contributed by atoms with E-state index in [2.05, 4.69) is 11.1 Å². The molecule has 0 bridgehead atoms. The summed E-state index contributed by atoms with van der Waals surface area (Å²) in [7, 11) is 0. The van der Waals surface area contributed by atoms with Crippen LogP contribution in [0.3, 0.4) is 0 Å². The molecular weight excluding hydrogens is 298 g/mol. The predicted octanol–water partition coefficient (Wildman–Crippen LogP) is 3.63. The third-order valence-corrected chi connectivity index (χ3v) is 3.86. The van der Waals surface area contributed by atoms with Crippen molar-refractivity contribution in [3.63, 3.8) is 0 Å². The van der Waals surface area contributed by atoms with E-state index in [9.17, 15) is 4.79 Å². The van der Waals surface area contributed by atoms with Crippen LogP contribution in [-0.2, 0) is 0 Å². The molecule has 0 radical (unpaired) electrons. The van der Waals surface area contributed by atoms with Gasteiger partial charge >= 0.3 is 0 Å². The Morgan fingerprint density at radius 1 is 1.32 bits per heavy atom. The molecule has 0 N–H and O–H groups in total. The molecule has 0 atom stereocenters. The Bertz CT molecular complexity index is 904. The minimum absolute atomic E-state index is 0.0672. The summed E-state index contributed by atoms with van der Waals surface area (Å²) in [4.78, 5) is 16.6. The number of rotatable bonds is 3. The second kappa shape index (κ2) is 5.63. The Hall–Kier alpha value is -2.64. The highest BCUT2D eigenvalue weighted by Gasteiger charge is 2.20. The fourth-order valence-electron chi connectivity index (χ4n) is 2.66. The maximum atomic E-state index is 12.2. The van der Waals surface area contributed by atoms with Gasteiger partial charge in [0, 0.05) is 28.5 Å². The van der Waals surface area contributed by atoms with Gasteiger partial charge in [-0.3, -0.25) is 9.36 Å². The highest BCUT2D eigenvalue weighted by molar-refractivity contribution is 6.32. The van der Waals surface area contributed by atoms with Crippen LogP contribution >= 0.6 is 11.6 Å². The maximum Gasteiger partial charge on any atom is 0.180 e. The Morgan fingerprint density at radius 3 is 2.68 bits per heavy atom. The number of benzene rings is 1. The summed E-state index contributed by atoms with van der Waals surface area (Å²) in [5.74, 6) is -0.188. The molecule has 0 aliphatic heterocycles. The van der Waals surface area contributed by atoms with Gasteiger partial charge < -0.3 is 0 Å². The lowest BCUT2D eigenvalue weighted by Gasteiger charge is -2.08. The van der Waals surface area contributed by atoms with Gasteiger partial charge in [0.1, 0.15) is 5.65 Å². The van der Waals surface area contributed by atoms with Crippen molar-refractivity contribution in [2.45, 2.75) is 6.92 Å². The summed E-state index contributed by atoms with van der Waals surface area (Å²) >= 11 is 5.74. The summed E-state index contributed by atoms with van der Waals surface area (Å²) < 4.78 is 1.91. The molecule has 0 amide bonds. The van der Waals surface area contributed by atoms with E-state index in [0.29, 0.717) is 16.8 Å². The van der Waals surface area contributed by atoms with Crippen LogP contribution in [0.1, 0.15) is 21.6 Å². The van der Waals surface area contributed by atoms with Crippen molar-refractivity contribution in [3.8, 4) is 11.8 Å². The normalized spacial score (nSPS) is 10.6. The van der Waals surface area contributed by atoms with Gasteiger partial charge in [0.2, 0.25) is 0 Å². The van der Waals surface area contributed by atoms with Crippen LogP contribution in [0.4, 0.5) is 0 Å². The minimum atomic E-state index is -0.121. The highest BCUT2D eigenvalue weighted by Crippen LogP contribution is 2.28. The molecule has 3 rings (SSSR count). The molecular formula is C17H12ClN3O. The molecule has 22 heavy (non-hydrogen) atoms. The van der Waals surface area contributed by atoms with Gasteiger partial charge in [-0.15, -0.1) is 11.6 Å². The molecule has 0 aliphatic carbocycles. The van der Waals surface area contributed by atoms with Gasteiger partial charge in [-0.05, 0) is 43.3 Å². The number of aromatic nitrogens is 2. The van der Waals surface area contributed by atoms with E-state index in [1.54, 1.807) is 24.4 Å². The molecule has 0 saturated carbocycles. The monoisotopic (exact) mass is 309 g/mol. The van der Waals surface area contributed by atoms with Crippen LogP contribution in [0.5, 0.6) is 0 Å². The fourth-order valence-corrected chi connectivity index (χ4v) is 2.79. The second-order valence-electron chi connectivity index (χ2n) is 4.89. The quantitative estimate of drug-likeness (QED) is 0.548. The van der Waals surface area contributed by atoms with Crippen LogP contribution in [-0.4, -0.2) is 21.2 Å². The number of fused-ring (bicyclic) bond motifs is 1. The van der Waals surface area contributed by atoms with Crippen molar-refractivity contribution in [2.75, 3.05) is 5.88 Å². The molecule has 4 nitrogen and oxygen atoms in total. The summed E-state index contributed by atoms with van der Waals surface area (Å²) in [6.07, 6.45) is 1.69. The van der Waals surface area contributed by atoms with E-state index in [0.717, 1.165) is 16.8 Å². The zero-order chi connectivity index (χ0) is 15.7. The van der Waals surface area contributed by atoms with E-state index in [1.807, 2.05) is 29.7 Å². The number of nitrogens with zero attached hydrogens (tertiary/aromatic N) is 3. The van der Waals surface area contributed by atoms with Crippen LogP contribution < -0.4 is 0 Å². The SMILES string of the molecule is Cc1c(C(=O)CCl)c2cccnc2n1-c1ccc(C#N)cc1. The first-order valence-electron chi connectivity index (χ1n) is 6.73. The molecule has 1 aromatic carbocycles. The van der Waals surface area contributed by atoms with Crippen LogP contribution in [0.25, 0.3) is 16.7 Å². The largest absolute Gasteiger partial charge is 0.298 e. The fraction of sp³-hybridized carbons (Fsp3) is 0.118. The molecule has 2 aromatic heterocycles. The Kier molecular flexibility index (Phi) is 3.66. The van der Waals surface area contributed by atoms with Gasteiger partial charge in [0.25, 0.3) is 0 Å². The molecule has 0 saturated heterocycles. The van der Waals surface area contributed by atoms with Crippen molar-refractivity contribution >= 4 is 28.4 Å². The Labute approximate surface area is 132 Å². The number of ketones is 1. The molecule has 0 unspecified atom stereocenters. The van der Waals surface area contributed by atoms with Gasteiger partial charge in [0.15, 0.2) is 5.78 Å². The number of hydrogen-bond donors (Lipinski definition) is 0. The lowest BCUT2D eigenvalue weighted by molar-refractivity contribution is 0.102. The van der Waals surface area contributed by atoms with Crippen LogP contribution in [0.2, 0.25) is 0 Å². The summed E-state index contributed by atoms with van der Waals surface area (Å²) in [5, 5.41) is 9.69.